The molecule has 0 spiro atoms. The molecule has 1 aliphatic rings. The van der Waals surface area contributed by atoms with Crippen molar-refractivity contribution in [2.45, 2.75) is 20.0 Å². The second-order valence-electron chi connectivity index (χ2n) is 7.34. The Morgan fingerprint density at radius 2 is 2.00 bits per heavy atom. The maximum Gasteiger partial charge on any atom is 0.243 e. The third kappa shape index (κ3) is 7.61. The summed E-state index contributed by atoms with van der Waals surface area (Å²) >= 11 is 1.62. The zero-order valence-electron chi connectivity index (χ0n) is 17.3. The zero-order chi connectivity index (χ0) is 20.5. The number of likely N-dealkylation sites (N-methyl/N-ethyl adjacent to an activating group) is 1. The average molecular weight is 415 g/mol. The summed E-state index contributed by atoms with van der Waals surface area (Å²) in [7, 11) is 2.16. The van der Waals surface area contributed by atoms with Gasteiger partial charge in [-0.15, -0.1) is 11.3 Å². The Balaban J connectivity index is 1.33. The number of aromatic nitrogens is 1. The van der Waals surface area contributed by atoms with E-state index in [1.165, 1.54) is 0 Å². The Morgan fingerprint density at radius 3 is 2.69 bits per heavy atom. The highest BCUT2D eigenvalue weighted by Crippen LogP contribution is 2.16. The van der Waals surface area contributed by atoms with Crippen molar-refractivity contribution in [2.75, 3.05) is 46.3 Å². The van der Waals surface area contributed by atoms with Crippen LogP contribution in [0.1, 0.15) is 22.7 Å². The highest BCUT2D eigenvalue weighted by Gasteiger charge is 2.12. The molecule has 1 aromatic heterocycles. The van der Waals surface area contributed by atoms with Crippen molar-refractivity contribution in [1.29, 1.82) is 0 Å². The maximum atomic E-state index is 12.0. The molecule has 1 amide bonds. The van der Waals surface area contributed by atoms with Gasteiger partial charge in [0.15, 0.2) is 0 Å². The molecule has 0 bridgehead atoms. The average Bonchev–Trinajstić information content (AvgIpc) is 3.15. The molecule has 7 heteroatoms. The van der Waals surface area contributed by atoms with Gasteiger partial charge < -0.3 is 19.9 Å². The van der Waals surface area contributed by atoms with Gasteiger partial charge in [-0.3, -0.25) is 4.79 Å². The predicted octanol–water partition coefficient (Wildman–Crippen LogP) is 2.80. The second kappa shape index (κ2) is 11.1. The lowest BCUT2D eigenvalue weighted by Crippen LogP contribution is -2.45. The van der Waals surface area contributed by atoms with Gasteiger partial charge in [-0.1, -0.05) is 12.1 Å². The Kier molecular flexibility index (Phi) is 8.22. The molecular formula is C22H30N4O2S. The van der Waals surface area contributed by atoms with E-state index in [0.29, 0.717) is 13.2 Å². The van der Waals surface area contributed by atoms with Gasteiger partial charge in [0.1, 0.15) is 12.4 Å². The summed E-state index contributed by atoms with van der Waals surface area (Å²) < 4.78 is 5.74. The lowest BCUT2D eigenvalue weighted by atomic mass is 10.2. The summed E-state index contributed by atoms with van der Waals surface area (Å²) in [5.41, 5.74) is 1.91. The van der Waals surface area contributed by atoms with Crippen LogP contribution in [0.4, 0.5) is 0 Å². The topological polar surface area (TPSA) is 57.7 Å². The monoisotopic (exact) mass is 414 g/mol. The fourth-order valence-electron chi connectivity index (χ4n) is 3.12. The molecule has 156 valence electrons. The Hall–Kier alpha value is -2.22. The van der Waals surface area contributed by atoms with Crippen molar-refractivity contribution < 1.29 is 9.53 Å². The van der Waals surface area contributed by atoms with Gasteiger partial charge in [-0.25, -0.2) is 4.98 Å². The normalized spacial score (nSPS) is 15.7. The van der Waals surface area contributed by atoms with Crippen molar-refractivity contribution in [3.05, 3.63) is 52.0 Å². The number of nitrogens with one attached hydrogen (secondary N) is 1. The number of benzene rings is 1. The molecule has 3 rings (SSSR count). The zero-order valence-corrected chi connectivity index (χ0v) is 18.1. The van der Waals surface area contributed by atoms with Crippen molar-refractivity contribution in [3.8, 4) is 5.75 Å². The van der Waals surface area contributed by atoms with E-state index in [1.54, 1.807) is 17.4 Å². The summed E-state index contributed by atoms with van der Waals surface area (Å²) in [6.45, 7) is 8.70. The Morgan fingerprint density at radius 1 is 1.24 bits per heavy atom. The van der Waals surface area contributed by atoms with Crippen LogP contribution < -0.4 is 10.1 Å². The fourth-order valence-corrected chi connectivity index (χ4v) is 3.72. The van der Waals surface area contributed by atoms with Crippen LogP contribution >= 0.6 is 11.3 Å². The summed E-state index contributed by atoms with van der Waals surface area (Å²) in [5, 5.41) is 6.01. The molecule has 2 aromatic rings. The van der Waals surface area contributed by atoms with Gasteiger partial charge in [0.2, 0.25) is 5.91 Å². The van der Waals surface area contributed by atoms with E-state index in [2.05, 4.69) is 27.1 Å². The minimum atomic E-state index is -0.0531. The lowest BCUT2D eigenvalue weighted by molar-refractivity contribution is -0.116. The third-order valence-corrected chi connectivity index (χ3v) is 5.73. The maximum absolute atomic E-state index is 12.0. The summed E-state index contributed by atoms with van der Waals surface area (Å²) in [6.07, 6.45) is 4.39. The fraction of sp³-hybridized carbons (Fsp3) is 0.455. The first-order chi connectivity index (χ1) is 14.1. The highest BCUT2D eigenvalue weighted by atomic mass is 32.1. The highest BCUT2D eigenvalue weighted by molar-refractivity contribution is 7.09. The number of rotatable bonds is 9. The van der Waals surface area contributed by atoms with Gasteiger partial charge >= 0.3 is 0 Å². The van der Waals surface area contributed by atoms with Crippen LogP contribution in [0.15, 0.2) is 35.7 Å². The van der Waals surface area contributed by atoms with Gasteiger partial charge in [0.25, 0.3) is 0 Å². The molecule has 1 saturated heterocycles. The largest absolute Gasteiger partial charge is 0.487 e. The van der Waals surface area contributed by atoms with E-state index in [0.717, 1.165) is 61.2 Å². The van der Waals surface area contributed by atoms with Crippen LogP contribution in [0.3, 0.4) is 0 Å². The standard InChI is InChI=1S/C22H30N4O2S/c1-18-24-20(17-29-18)16-28-21-7-4-19(5-8-21)6-9-22(27)23-10-3-11-26-14-12-25(2)13-15-26/h4-9,17H,3,10-16H2,1-2H3,(H,23,27). The van der Waals surface area contributed by atoms with Gasteiger partial charge in [0.05, 0.1) is 10.7 Å². The first-order valence-corrected chi connectivity index (χ1v) is 11.0. The van der Waals surface area contributed by atoms with E-state index >= 15 is 0 Å². The second-order valence-corrected chi connectivity index (χ2v) is 8.40. The van der Waals surface area contributed by atoms with Gasteiger partial charge in [-0.05, 0) is 50.7 Å². The Labute approximate surface area is 177 Å². The molecule has 6 nitrogen and oxygen atoms in total. The number of thiazole rings is 1. The van der Waals surface area contributed by atoms with Gasteiger partial charge in [0, 0.05) is 44.2 Å². The molecule has 29 heavy (non-hydrogen) atoms. The molecule has 1 N–H and O–H groups in total. The van der Waals surface area contributed by atoms with Crippen LogP contribution in [0.2, 0.25) is 0 Å². The molecule has 1 fully saturated rings. The number of aryl methyl sites for hydroxylation is 1. The number of hydrogen-bond acceptors (Lipinski definition) is 6. The van der Waals surface area contributed by atoms with Crippen LogP contribution in [0, 0.1) is 6.92 Å². The van der Waals surface area contributed by atoms with Crippen LogP contribution in [-0.2, 0) is 11.4 Å². The van der Waals surface area contributed by atoms with Crippen molar-refractivity contribution in [3.63, 3.8) is 0 Å². The number of amides is 1. The minimum absolute atomic E-state index is 0.0531. The van der Waals surface area contributed by atoms with Gasteiger partial charge in [-0.2, -0.15) is 0 Å². The molecule has 0 aliphatic carbocycles. The number of carbonyl (C=O) groups is 1. The van der Waals surface area contributed by atoms with E-state index in [-0.39, 0.29) is 5.91 Å². The van der Waals surface area contributed by atoms with Crippen molar-refractivity contribution in [1.82, 2.24) is 20.1 Å². The number of carbonyl (C=O) groups excluding carboxylic acids is 1. The molecule has 1 aromatic carbocycles. The smallest absolute Gasteiger partial charge is 0.243 e. The first kappa shape index (κ1) is 21.5. The number of nitrogens with zero attached hydrogens (tertiary/aromatic N) is 3. The quantitative estimate of drug-likeness (QED) is 0.505. The van der Waals surface area contributed by atoms with E-state index in [4.69, 9.17) is 4.74 Å². The minimum Gasteiger partial charge on any atom is -0.487 e. The number of ether oxygens (including phenoxy) is 1. The van der Waals surface area contributed by atoms with Crippen molar-refractivity contribution in [2.24, 2.45) is 0 Å². The summed E-state index contributed by atoms with van der Waals surface area (Å²) in [4.78, 5) is 21.2. The molecule has 2 heterocycles. The summed E-state index contributed by atoms with van der Waals surface area (Å²) in [6, 6.07) is 7.71. The summed E-state index contributed by atoms with van der Waals surface area (Å²) in [5.74, 6) is 0.740. The van der Waals surface area contributed by atoms with Crippen molar-refractivity contribution >= 4 is 23.3 Å². The molecule has 0 saturated carbocycles. The SMILES string of the molecule is Cc1nc(COc2ccc(C=CC(=O)NCCCN3CCN(C)CC3)cc2)cs1. The first-order valence-electron chi connectivity index (χ1n) is 10.1. The number of piperazine rings is 1. The molecule has 1 aliphatic heterocycles. The molecule has 0 atom stereocenters. The predicted molar refractivity (Wildman–Crippen MR) is 118 cm³/mol. The van der Waals surface area contributed by atoms with Crippen LogP contribution in [0.25, 0.3) is 6.08 Å². The number of hydrogen-bond donors (Lipinski definition) is 1. The van der Waals surface area contributed by atoms with Crippen LogP contribution in [0.5, 0.6) is 5.75 Å². The Bertz CT molecular complexity index is 795. The molecule has 0 radical (unpaired) electrons. The molecule has 0 unspecified atom stereocenters. The third-order valence-electron chi connectivity index (χ3n) is 4.91. The van der Waals surface area contributed by atoms with E-state index in [1.807, 2.05) is 42.6 Å². The van der Waals surface area contributed by atoms with Crippen LogP contribution in [-0.4, -0.2) is 67.0 Å². The molecular weight excluding hydrogens is 384 g/mol. The van der Waals surface area contributed by atoms with E-state index in [9.17, 15) is 4.79 Å². The van der Waals surface area contributed by atoms with E-state index < -0.39 is 0 Å². The lowest BCUT2D eigenvalue weighted by Gasteiger charge is -2.32.